The molecule has 2 rings (SSSR count). The smallest absolute Gasteiger partial charge is 0.188 e. The summed E-state index contributed by atoms with van der Waals surface area (Å²) in [7, 11) is 0. The van der Waals surface area contributed by atoms with Crippen LogP contribution in [-0.2, 0) is 0 Å². The molecule has 4 N–H and O–H groups in total. The molecule has 1 fully saturated rings. The van der Waals surface area contributed by atoms with Gasteiger partial charge in [-0.3, -0.25) is 4.99 Å². The highest BCUT2D eigenvalue weighted by Gasteiger charge is 2.17. The van der Waals surface area contributed by atoms with E-state index >= 15 is 0 Å². The predicted octanol–water partition coefficient (Wildman–Crippen LogP) is 2.83. The van der Waals surface area contributed by atoms with Gasteiger partial charge in [-0.25, -0.2) is 0 Å². The topological polar surface area (TPSA) is 62.4 Å². The summed E-state index contributed by atoms with van der Waals surface area (Å²) >= 11 is 0. The van der Waals surface area contributed by atoms with Gasteiger partial charge in [0.1, 0.15) is 0 Å². The number of nitrogens with zero attached hydrogens (tertiary/aromatic N) is 1. The van der Waals surface area contributed by atoms with Gasteiger partial charge in [0, 0.05) is 18.3 Å². The molecule has 1 saturated carbocycles. The SMILES string of the molecule is CC(C)C(CN=C(N)NCC1CCC1)Nc1ccccc1. The molecule has 0 aromatic heterocycles. The zero-order valence-electron chi connectivity index (χ0n) is 13.2. The van der Waals surface area contributed by atoms with Crippen molar-refractivity contribution in [3.8, 4) is 0 Å². The standard InChI is InChI=1S/C17H28N4/c1-13(2)16(21-15-9-4-3-5-10-15)12-20-17(18)19-11-14-7-6-8-14/h3-5,9-10,13-14,16,21H,6-8,11-12H2,1-2H3,(H3,18,19,20). The molecule has 116 valence electrons. The molecule has 0 radical (unpaired) electrons. The van der Waals surface area contributed by atoms with Crippen molar-refractivity contribution in [1.82, 2.24) is 5.32 Å². The van der Waals surface area contributed by atoms with Gasteiger partial charge in [0.25, 0.3) is 0 Å². The number of hydrogen-bond donors (Lipinski definition) is 3. The Morgan fingerprint density at radius 3 is 2.57 bits per heavy atom. The van der Waals surface area contributed by atoms with E-state index in [0.717, 1.165) is 18.2 Å². The van der Waals surface area contributed by atoms with Crippen molar-refractivity contribution < 1.29 is 0 Å². The Hall–Kier alpha value is -1.71. The Labute approximate surface area is 128 Å². The van der Waals surface area contributed by atoms with Gasteiger partial charge in [-0.05, 0) is 36.8 Å². The first-order chi connectivity index (χ1) is 10.1. The van der Waals surface area contributed by atoms with E-state index in [9.17, 15) is 0 Å². The van der Waals surface area contributed by atoms with Crippen molar-refractivity contribution >= 4 is 11.6 Å². The largest absolute Gasteiger partial charge is 0.380 e. The van der Waals surface area contributed by atoms with E-state index in [1.165, 1.54) is 19.3 Å². The lowest BCUT2D eigenvalue weighted by Crippen LogP contribution is -2.38. The van der Waals surface area contributed by atoms with Crippen molar-refractivity contribution in [3.05, 3.63) is 30.3 Å². The number of hydrogen-bond acceptors (Lipinski definition) is 2. The first kappa shape index (κ1) is 15.7. The third-order valence-electron chi connectivity index (χ3n) is 4.19. The molecule has 1 aromatic carbocycles. The maximum atomic E-state index is 5.95. The Bertz CT molecular complexity index is 437. The Balaban J connectivity index is 1.81. The number of benzene rings is 1. The van der Waals surface area contributed by atoms with Gasteiger partial charge in [-0.1, -0.05) is 38.5 Å². The third kappa shape index (κ3) is 5.29. The summed E-state index contributed by atoms with van der Waals surface area (Å²) < 4.78 is 0. The number of aliphatic imine (C=N–C) groups is 1. The van der Waals surface area contributed by atoms with Gasteiger partial charge in [0.15, 0.2) is 5.96 Å². The number of nitrogens with one attached hydrogen (secondary N) is 2. The quantitative estimate of drug-likeness (QED) is 0.534. The Morgan fingerprint density at radius 1 is 1.29 bits per heavy atom. The molecule has 4 nitrogen and oxygen atoms in total. The molecule has 1 unspecified atom stereocenters. The molecular weight excluding hydrogens is 260 g/mol. The van der Waals surface area contributed by atoms with Crippen molar-refractivity contribution in [2.24, 2.45) is 22.6 Å². The summed E-state index contributed by atoms with van der Waals surface area (Å²) in [5, 5.41) is 6.77. The number of guanidine groups is 1. The van der Waals surface area contributed by atoms with Gasteiger partial charge in [-0.2, -0.15) is 0 Å². The van der Waals surface area contributed by atoms with Gasteiger partial charge in [-0.15, -0.1) is 0 Å². The molecule has 1 aromatic rings. The van der Waals surface area contributed by atoms with E-state index in [0.29, 0.717) is 18.4 Å². The van der Waals surface area contributed by atoms with Gasteiger partial charge in [0.05, 0.1) is 6.54 Å². The zero-order valence-corrected chi connectivity index (χ0v) is 13.2. The van der Waals surface area contributed by atoms with E-state index in [1.807, 2.05) is 18.2 Å². The first-order valence-electron chi connectivity index (χ1n) is 8.00. The maximum Gasteiger partial charge on any atom is 0.188 e. The monoisotopic (exact) mass is 288 g/mol. The average Bonchev–Trinajstić information content (AvgIpc) is 2.42. The number of rotatable bonds is 7. The number of nitrogens with two attached hydrogens (primary N) is 1. The van der Waals surface area contributed by atoms with Crippen LogP contribution in [0.5, 0.6) is 0 Å². The molecule has 0 aliphatic heterocycles. The molecule has 0 amide bonds. The highest BCUT2D eigenvalue weighted by molar-refractivity contribution is 5.77. The van der Waals surface area contributed by atoms with Crippen LogP contribution in [-0.4, -0.2) is 25.1 Å². The lowest BCUT2D eigenvalue weighted by Gasteiger charge is -2.26. The van der Waals surface area contributed by atoms with Crippen LogP contribution in [0.15, 0.2) is 35.3 Å². The zero-order chi connectivity index (χ0) is 15.1. The number of para-hydroxylation sites is 1. The molecule has 1 atom stereocenters. The second kappa shape index (κ2) is 7.91. The summed E-state index contributed by atoms with van der Waals surface area (Å²) in [6.45, 7) is 6.06. The predicted molar refractivity (Wildman–Crippen MR) is 90.5 cm³/mol. The Morgan fingerprint density at radius 2 is 2.00 bits per heavy atom. The first-order valence-corrected chi connectivity index (χ1v) is 8.00. The summed E-state index contributed by atoms with van der Waals surface area (Å²) in [5.74, 6) is 1.86. The lowest BCUT2D eigenvalue weighted by atomic mass is 9.85. The fourth-order valence-corrected chi connectivity index (χ4v) is 2.37. The molecular formula is C17H28N4. The molecule has 0 saturated heterocycles. The number of anilines is 1. The highest BCUT2D eigenvalue weighted by atomic mass is 15.1. The molecule has 0 spiro atoms. The third-order valence-corrected chi connectivity index (χ3v) is 4.19. The molecule has 0 bridgehead atoms. The molecule has 4 heteroatoms. The van der Waals surface area contributed by atoms with E-state index in [1.54, 1.807) is 0 Å². The minimum atomic E-state index is 0.288. The van der Waals surface area contributed by atoms with Crippen LogP contribution < -0.4 is 16.4 Å². The highest BCUT2D eigenvalue weighted by Crippen LogP contribution is 2.24. The van der Waals surface area contributed by atoms with Crippen molar-refractivity contribution in [1.29, 1.82) is 0 Å². The van der Waals surface area contributed by atoms with E-state index in [4.69, 9.17) is 5.73 Å². The molecule has 1 aliphatic rings. The van der Waals surface area contributed by atoms with Crippen LogP contribution in [0.2, 0.25) is 0 Å². The van der Waals surface area contributed by atoms with Crippen molar-refractivity contribution in [2.75, 3.05) is 18.4 Å². The maximum absolute atomic E-state index is 5.95. The second-order valence-corrected chi connectivity index (χ2v) is 6.26. The molecule has 1 aliphatic carbocycles. The van der Waals surface area contributed by atoms with Crippen molar-refractivity contribution in [3.63, 3.8) is 0 Å². The molecule has 21 heavy (non-hydrogen) atoms. The van der Waals surface area contributed by atoms with Gasteiger partial charge < -0.3 is 16.4 Å². The minimum absolute atomic E-state index is 0.288. The van der Waals surface area contributed by atoms with Gasteiger partial charge >= 0.3 is 0 Å². The summed E-state index contributed by atoms with van der Waals surface area (Å²) in [5.41, 5.74) is 7.09. The van der Waals surface area contributed by atoms with E-state index in [2.05, 4.69) is 41.6 Å². The fourth-order valence-electron chi connectivity index (χ4n) is 2.37. The second-order valence-electron chi connectivity index (χ2n) is 6.26. The van der Waals surface area contributed by atoms with E-state index in [-0.39, 0.29) is 6.04 Å². The summed E-state index contributed by atoms with van der Waals surface area (Å²) in [6.07, 6.45) is 4.01. The molecule has 0 heterocycles. The van der Waals surface area contributed by atoms with Crippen molar-refractivity contribution in [2.45, 2.75) is 39.2 Å². The minimum Gasteiger partial charge on any atom is -0.380 e. The summed E-state index contributed by atoms with van der Waals surface area (Å²) in [4.78, 5) is 4.49. The van der Waals surface area contributed by atoms with Crippen LogP contribution in [0.1, 0.15) is 33.1 Å². The van der Waals surface area contributed by atoms with E-state index < -0.39 is 0 Å². The van der Waals surface area contributed by atoms with Crippen LogP contribution >= 0.6 is 0 Å². The average molecular weight is 288 g/mol. The normalized spacial score (nSPS) is 17.4. The van der Waals surface area contributed by atoms with Crippen LogP contribution in [0.3, 0.4) is 0 Å². The van der Waals surface area contributed by atoms with Crippen LogP contribution in [0.25, 0.3) is 0 Å². The lowest BCUT2D eigenvalue weighted by molar-refractivity contribution is 0.315. The van der Waals surface area contributed by atoms with Gasteiger partial charge in [0.2, 0.25) is 0 Å². The van der Waals surface area contributed by atoms with Crippen LogP contribution in [0, 0.1) is 11.8 Å². The Kier molecular flexibility index (Phi) is 5.90. The summed E-state index contributed by atoms with van der Waals surface area (Å²) in [6, 6.07) is 10.6. The fraction of sp³-hybridized carbons (Fsp3) is 0.588. The van der Waals surface area contributed by atoms with Crippen LogP contribution in [0.4, 0.5) is 5.69 Å².